The molecule has 1 amide bonds. The minimum atomic E-state index is -0.321. The summed E-state index contributed by atoms with van der Waals surface area (Å²) in [6, 6.07) is 0. The van der Waals surface area contributed by atoms with Crippen molar-refractivity contribution < 1.29 is 9.59 Å². The van der Waals surface area contributed by atoms with E-state index in [9.17, 15) is 9.59 Å². The molecule has 1 N–H and O–H groups in total. The zero-order valence-corrected chi connectivity index (χ0v) is 7.86. The van der Waals surface area contributed by atoms with Crippen LogP contribution < -0.4 is 5.32 Å². The maximum absolute atomic E-state index is 11.3. The number of rotatable bonds is 3. The average molecular weight is 193 g/mol. The number of hydrogen-bond donors (Lipinski definition) is 1. The summed E-state index contributed by atoms with van der Waals surface area (Å²) in [5.74, 6) is -0.560. The highest BCUT2D eigenvalue weighted by Gasteiger charge is 2.06. The lowest BCUT2D eigenvalue weighted by atomic mass is 10.3. The van der Waals surface area contributed by atoms with Gasteiger partial charge in [-0.2, -0.15) is 0 Å². The Labute approximate surface area is 81.4 Å². The van der Waals surface area contributed by atoms with Gasteiger partial charge in [0, 0.05) is 18.0 Å². The monoisotopic (exact) mass is 193 g/mol. The molecule has 0 unspecified atom stereocenters. The molecule has 1 rings (SSSR count). The molecule has 0 aliphatic carbocycles. The Morgan fingerprint density at radius 3 is 2.79 bits per heavy atom. The Morgan fingerprint density at radius 2 is 2.29 bits per heavy atom. The standard InChI is InChI=1S/C9H11N3O2/c1-7(2)9(14)11-5-8(13)12-4-3-10-6-12/h3-4,6H,1,5H2,2H3,(H,11,14). The Kier molecular flexibility index (Phi) is 3.17. The Morgan fingerprint density at radius 1 is 1.57 bits per heavy atom. The zero-order chi connectivity index (χ0) is 10.6. The summed E-state index contributed by atoms with van der Waals surface area (Å²) in [7, 11) is 0. The van der Waals surface area contributed by atoms with Gasteiger partial charge in [-0.1, -0.05) is 6.58 Å². The van der Waals surface area contributed by atoms with E-state index in [1.165, 1.54) is 23.3 Å². The molecule has 0 aliphatic rings. The highest BCUT2D eigenvalue weighted by atomic mass is 16.2. The summed E-state index contributed by atoms with van der Waals surface area (Å²) in [5, 5.41) is 2.43. The minimum absolute atomic E-state index is 0.0535. The molecule has 0 aliphatic heterocycles. The molecular formula is C9H11N3O2. The number of aromatic nitrogens is 2. The van der Waals surface area contributed by atoms with Crippen LogP contribution in [-0.2, 0) is 4.79 Å². The molecule has 0 bridgehead atoms. The molecule has 0 spiro atoms. The van der Waals surface area contributed by atoms with E-state index in [1.807, 2.05) is 0 Å². The van der Waals surface area contributed by atoms with Gasteiger partial charge >= 0.3 is 0 Å². The molecule has 0 saturated heterocycles. The average Bonchev–Trinajstić information content (AvgIpc) is 2.66. The molecule has 14 heavy (non-hydrogen) atoms. The predicted octanol–water partition coefficient (Wildman–Crippen LogP) is 0.216. The van der Waals surface area contributed by atoms with E-state index >= 15 is 0 Å². The van der Waals surface area contributed by atoms with E-state index in [2.05, 4.69) is 16.9 Å². The van der Waals surface area contributed by atoms with Gasteiger partial charge < -0.3 is 5.32 Å². The van der Waals surface area contributed by atoms with E-state index < -0.39 is 0 Å². The number of nitrogens with one attached hydrogen (secondary N) is 1. The molecule has 0 radical (unpaired) electrons. The van der Waals surface area contributed by atoms with Crippen LogP contribution in [0.3, 0.4) is 0 Å². The van der Waals surface area contributed by atoms with E-state index in [1.54, 1.807) is 6.92 Å². The van der Waals surface area contributed by atoms with Crippen LogP contribution >= 0.6 is 0 Å². The number of imidazole rings is 1. The molecule has 0 fully saturated rings. The highest BCUT2D eigenvalue weighted by molar-refractivity contribution is 5.95. The summed E-state index contributed by atoms with van der Waals surface area (Å²) < 4.78 is 1.30. The van der Waals surface area contributed by atoms with E-state index in [4.69, 9.17) is 0 Å². The van der Waals surface area contributed by atoms with Crippen LogP contribution in [0.5, 0.6) is 0 Å². The smallest absolute Gasteiger partial charge is 0.251 e. The maximum Gasteiger partial charge on any atom is 0.251 e. The van der Waals surface area contributed by atoms with Gasteiger partial charge in [0.15, 0.2) is 0 Å². The first-order valence-electron chi connectivity index (χ1n) is 4.06. The van der Waals surface area contributed by atoms with Crippen molar-refractivity contribution in [2.45, 2.75) is 6.92 Å². The molecule has 74 valence electrons. The van der Waals surface area contributed by atoms with Crippen molar-refractivity contribution in [2.24, 2.45) is 0 Å². The number of carbonyl (C=O) groups is 2. The van der Waals surface area contributed by atoms with E-state index in [0.717, 1.165) is 0 Å². The van der Waals surface area contributed by atoms with Gasteiger partial charge in [-0.3, -0.25) is 14.2 Å². The molecule has 5 heteroatoms. The van der Waals surface area contributed by atoms with Gasteiger partial charge in [0.2, 0.25) is 5.91 Å². The first kappa shape index (κ1) is 10.2. The lowest BCUT2D eigenvalue weighted by molar-refractivity contribution is -0.117. The predicted molar refractivity (Wildman–Crippen MR) is 50.7 cm³/mol. The molecule has 1 aromatic heterocycles. The summed E-state index contributed by atoms with van der Waals surface area (Å²) in [4.78, 5) is 26.1. The van der Waals surface area contributed by atoms with Crippen LogP contribution in [0.4, 0.5) is 0 Å². The summed E-state index contributed by atoms with van der Waals surface area (Å²) in [5.41, 5.74) is 0.378. The number of nitrogens with zero attached hydrogens (tertiary/aromatic N) is 2. The van der Waals surface area contributed by atoms with Crippen molar-refractivity contribution in [2.75, 3.05) is 6.54 Å². The Balaban J connectivity index is 2.44. The lowest BCUT2D eigenvalue weighted by Crippen LogP contribution is -2.32. The third-order valence-corrected chi connectivity index (χ3v) is 1.58. The van der Waals surface area contributed by atoms with Crippen molar-refractivity contribution in [1.29, 1.82) is 0 Å². The zero-order valence-electron chi connectivity index (χ0n) is 7.86. The largest absolute Gasteiger partial charge is 0.343 e. The van der Waals surface area contributed by atoms with E-state index in [0.29, 0.717) is 5.57 Å². The third-order valence-electron chi connectivity index (χ3n) is 1.58. The Hall–Kier alpha value is -1.91. The fraction of sp³-hybridized carbons (Fsp3) is 0.222. The SMILES string of the molecule is C=C(C)C(=O)NCC(=O)n1ccnc1. The molecule has 5 nitrogen and oxygen atoms in total. The number of carbonyl (C=O) groups excluding carboxylic acids is 2. The van der Waals surface area contributed by atoms with Gasteiger partial charge in [0.05, 0.1) is 6.54 Å². The minimum Gasteiger partial charge on any atom is -0.343 e. The third kappa shape index (κ3) is 2.55. The molecular weight excluding hydrogens is 182 g/mol. The summed E-state index contributed by atoms with van der Waals surface area (Å²) in [6.07, 6.45) is 4.41. The fourth-order valence-corrected chi connectivity index (χ4v) is 0.805. The fourth-order valence-electron chi connectivity index (χ4n) is 0.805. The second kappa shape index (κ2) is 4.36. The van der Waals surface area contributed by atoms with Crippen LogP contribution in [0.2, 0.25) is 0 Å². The number of amides is 1. The van der Waals surface area contributed by atoms with Gasteiger partial charge in [0.1, 0.15) is 6.33 Å². The molecule has 0 aromatic carbocycles. The topological polar surface area (TPSA) is 64.0 Å². The first-order valence-corrected chi connectivity index (χ1v) is 4.06. The van der Waals surface area contributed by atoms with Gasteiger partial charge in [-0.15, -0.1) is 0 Å². The van der Waals surface area contributed by atoms with Crippen molar-refractivity contribution in [3.8, 4) is 0 Å². The molecule has 1 aromatic rings. The first-order chi connectivity index (χ1) is 6.61. The summed E-state index contributed by atoms with van der Waals surface area (Å²) in [6.45, 7) is 4.98. The van der Waals surface area contributed by atoms with Crippen LogP contribution in [-0.4, -0.2) is 27.9 Å². The lowest BCUT2D eigenvalue weighted by Gasteiger charge is -2.03. The van der Waals surface area contributed by atoms with Crippen LogP contribution in [0.15, 0.2) is 30.9 Å². The second-order valence-corrected chi connectivity index (χ2v) is 2.83. The highest BCUT2D eigenvalue weighted by Crippen LogP contribution is 1.87. The Bertz CT molecular complexity index is 354. The van der Waals surface area contributed by atoms with Gasteiger partial charge in [-0.25, -0.2) is 4.98 Å². The number of hydrogen-bond acceptors (Lipinski definition) is 3. The van der Waals surface area contributed by atoms with Crippen molar-refractivity contribution in [1.82, 2.24) is 14.9 Å². The van der Waals surface area contributed by atoms with Gasteiger partial charge in [0.25, 0.3) is 5.91 Å². The molecule has 1 heterocycles. The van der Waals surface area contributed by atoms with Crippen molar-refractivity contribution >= 4 is 11.8 Å². The molecule has 0 atom stereocenters. The quantitative estimate of drug-likeness (QED) is 0.698. The molecule has 0 saturated carbocycles. The van der Waals surface area contributed by atoms with Gasteiger partial charge in [-0.05, 0) is 6.92 Å². The van der Waals surface area contributed by atoms with Crippen LogP contribution in [0.25, 0.3) is 0 Å². The summed E-state index contributed by atoms with van der Waals surface area (Å²) >= 11 is 0. The van der Waals surface area contributed by atoms with Crippen LogP contribution in [0, 0.1) is 0 Å². The second-order valence-electron chi connectivity index (χ2n) is 2.83. The van der Waals surface area contributed by atoms with E-state index in [-0.39, 0.29) is 18.4 Å². The van der Waals surface area contributed by atoms with Crippen molar-refractivity contribution in [3.63, 3.8) is 0 Å². The normalized spacial score (nSPS) is 9.50. The van der Waals surface area contributed by atoms with Crippen molar-refractivity contribution in [3.05, 3.63) is 30.9 Å². The maximum atomic E-state index is 11.3. The van der Waals surface area contributed by atoms with Crippen LogP contribution in [0.1, 0.15) is 11.7 Å².